The molecule has 0 amide bonds. The highest BCUT2D eigenvalue weighted by atomic mass is 28.3. The smallest absolute Gasteiger partial charge is 0.189 e. The van der Waals surface area contributed by atoms with Gasteiger partial charge in [-0.1, -0.05) is 182 Å². The van der Waals surface area contributed by atoms with Gasteiger partial charge in [-0.15, -0.1) is 0 Å². The lowest BCUT2D eigenvalue weighted by atomic mass is 10.1. The molecule has 0 saturated heterocycles. The Morgan fingerprint density at radius 3 is 1.32 bits per heavy atom. The maximum absolute atomic E-state index is 7.85. The number of benzene rings is 10. The monoisotopic (exact) mass is 856 g/mol. The van der Waals surface area contributed by atoms with Crippen LogP contribution in [-0.4, -0.2) is 21.8 Å². The molecule has 4 nitrogen and oxygen atoms in total. The molecule has 10 aromatic carbocycles. The lowest BCUT2D eigenvalue weighted by Crippen LogP contribution is -2.74. The van der Waals surface area contributed by atoms with Crippen molar-refractivity contribution in [3.8, 4) is 17.1 Å². The van der Waals surface area contributed by atoms with Crippen LogP contribution in [0.5, 0.6) is 0 Å². The van der Waals surface area contributed by atoms with E-state index in [1.165, 1.54) is 47.7 Å². The van der Waals surface area contributed by atoms with Crippen LogP contribution >= 0.6 is 0 Å². The molecule has 0 atom stereocenters. The van der Waals surface area contributed by atoms with Crippen molar-refractivity contribution in [3.63, 3.8) is 0 Å². The van der Waals surface area contributed by atoms with Crippen LogP contribution in [0.3, 0.4) is 0 Å². The van der Waals surface area contributed by atoms with Gasteiger partial charge in [0.15, 0.2) is 13.8 Å². The van der Waals surface area contributed by atoms with Gasteiger partial charge in [0.2, 0.25) is 0 Å². The SMILES string of the molecule is [C-]#[N+]c1ccc2c3ccccc3n(-c3ccc4c5ccccc5n(-c5cccc6c5c5ccccc5n6-c5ccc([Si](c6ccccc6)(c6ccccc6)c6ccccc6)cc5)c4c3)c2c1. The molecule has 308 valence electrons. The van der Waals surface area contributed by atoms with Gasteiger partial charge >= 0.3 is 0 Å². The van der Waals surface area contributed by atoms with Crippen LogP contribution in [0.25, 0.3) is 87.3 Å². The number of para-hydroxylation sites is 3. The first kappa shape index (κ1) is 37.8. The average molecular weight is 857 g/mol. The summed E-state index contributed by atoms with van der Waals surface area (Å²) in [7, 11) is -2.70. The summed E-state index contributed by atoms with van der Waals surface area (Å²) in [5, 5.41) is 12.5. The topological polar surface area (TPSA) is 19.1 Å². The van der Waals surface area contributed by atoms with E-state index in [0.717, 1.165) is 55.5 Å². The summed E-state index contributed by atoms with van der Waals surface area (Å²) < 4.78 is 7.23. The van der Waals surface area contributed by atoms with Gasteiger partial charge in [0.1, 0.15) is 0 Å². The number of hydrogen-bond donors (Lipinski definition) is 0. The molecule has 3 heterocycles. The lowest BCUT2D eigenvalue weighted by molar-refractivity contribution is 1.16. The predicted molar refractivity (Wildman–Crippen MR) is 279 cm³/mol. The van der Waals surface area contributed by atoms with E-state index in [0.29, 0.717) is 5.69 Å². The van der Waals surface area contributed by atoms with Crippen LogP contribution in [0.15, 0.2) is 243 Å². The molecular formula is C61H40N4Si. The Labute approximate surface area is 382 Å². The predicted octanol–water partition coefficient (Wildman–Crippen LogP) is 12.9. The zero-order chi connectivity index (χ0) is 43.8. The molecule has 0 radical (unpaired) electrons. The van der Waals surface area contributed by atoms with E-state index in [-0.39, 0.29) is 0 Å². The Hall–Kier alpha value is -8.69. The normalized spacial score (nSPS) is 11.9. The van der Waals surface area contributed by atoms with Crippen molar-refractivity contribution in [2.45, 2.75) is 0 Å². The minimum atomic E-state index is -2.70. The third kappa shape index (κ3) is 5.49. The summed E-state index contributed by atoms with van der Waals surface area (Å²) in [6.07, 6.45) is 0. The maximum atomic E-state index is 7.85. The quantitative estimate of drug-likeness (QED) is 0.0864. The molecule has 5 heteroatoms. The standard InChI is InChI=1S/C61H40N4Si/c1-62-42-32-38-51-49-24-11-14-27-54(49)64(59(51)40-42)44-35-39-52-50-25-12-15-28-55(50)65(60(52)41-44)58-31-17-30-57-61(58)53-26-13-16-29-56(53)63(57)43-33-36-48(37-34-43)66(45-18-5-2-6-19-45,46-20-7-3-8-21-46)47-22-9-4-10-23-47/h2-41H. The second-order valence-corrected chi connectivity index (χ2v) is 20.9. The molecule has 0 unspecified atom stereocenters. The Balaban J connectivity index is 1.04. The molecule has 0 spiro atoms. The zero-order valence-corrected chi connectivity index (χ0v) is 36.9. The summed E-state index contributed by atoms with van der Waals surface area (Å²) >= 11 is 0. The molecule has 13 aromatic rings. The minimum Gasteiger partial charge on any atom is -0.310 e. The molecule has 0 N–H and O–H groups in total. The number of rotatable bonds is 7. The summed E-state index contributed by atoms with van der Waals surface area (Å²) in [5.41, 5.74) is 10.7. The molecule has 0 bridgehead atoms. The third-order valence-corrected chi connectivity index (χ3v) is 18.6. The summed E-state index contributed by atoms with van der Waals surface area (Å²) in [6, 6.07) is 88.7. The lowest BCUT2D eigenvalue weighted by Gasteiger charge is -2.34. The number of hydrogen-bond acceptors (Lipinski definition) is 0. The van der Waals surface area contributed by atoms with Crippen LogP contribution in [0.2, 0.25) is 0 Å². The first-order valence-corrected chi connectivity index (χ1v) is 24.5. The molecule has 0 saturated carbocycles. The highest BCUT2D eigenvalue weighted by Gasteiger charge is 2.41. The molecule has 13 rings (SSSR count). The van der Waals surface area contributed by atoms with Crippen molar-refractivity contribution in [1.29, 1.82) is 0 Å². The van der Waals surface area contributed by atoms with Crippen molar-refractivity contribution < 1.29 is 0 Å². The Kier molecular flexibility index (Phi) is 8.57. The van der Waals surface area contributed by atoms with E-state index in [4.69, 9.17) is 6.57 Å². The van der Waals surface area contributed by atoms with Crippen molar-refractivity contribution in [2.24, 2.45) is 0 Å². The van der Waals surface area contributed by atoms with Gasteiger partial charge < -0.3 is 13.7 Å². The minimum absolute atomic E-state index is 0.629. The van der Waals surface area contributed by atoms with Crippen molar-refractivity contribution in [3.05, 3.63) is 254 Å². The molecule has 3 aromatic heterocycles. The second-order valence-electron chi connectivity index (χ2n) is 17.1. The van der Waals surface area contributed by atoms with E-state index in [9.17, 15) is 0 Å². The molecule has 0 aliphatic carbocycles. The summed E-state index contributed by atoms with van der Waals surface area (Å²) in [6.45, 7) is 7.85. The van der Waals surface area contributed by atoms with Crippen LogP contribution in [0, 0.1) is 6.57 Å². The van der Waals surface area contributed by atoms with Gasteiger partial charge in [0.25, 0.3) is 0 Å². The van der Waals surface area contributed by atoms with Crippen LogP contribution in [0.1, 0.15) is 0 Å². The van der Waals surface area contributed by atoms with Crippen LogP contribution in [-0.2, 0) is 0 Å². The fraction of sp³-hybridized carbons (Fsp3) is 0. The molecular weight excluding hydrogens is 817 g/mol. The van der Waals surface area contributed by atoms with Gasteiger partial charge in [0.05, 0.1) is 39.8 Å². The molecule has 66 heavy (non-hydrogen) atoms. The van der Waals surface area contributed by atoms with Crippen LogP contribution in [0.4, 0.5) is 5.69 Å². The Morgan fingerprint density at radius 2 is 0.727 bits per heavy atom. The van der Waals surface area contributed by atoms with Gasteiger partial charge in [0, 0.05) is 49.2 Å². The molecule has 0 fully saturated rings. The number of fused-ring (bicyclic) bond motifs is 9. The van der Waals surface area contributed by atoms with E-state index < -0.39 is 8.07 Å². The molecule has 0 aliphatic heterocycles. The molecule has 0 aliphatic rings. The first-order chi connectivity index (χ1) is 32.7. The van der Waals surface area contributed by atoms with E-state index in [1.54, 1.807) is 0 Å². The fourth-order valence-electron chi connectivity index (χ4n) is 11.1. The van der Waals surface area contributed by atoms with Gasteiger partial charge in [-0.3, -0.25) is 0 Å². The summed E-state index contributed by atoms with van der Waals surface area (Å²) in [4.78, 5) is 3.82. The van der Waals surface area contributed by atoms with Crippen molar-refractivity contribution >= 4 is 99.9 Å². The first-order valence-electron chi connectivity index (χ1n) is 22.5. The zero-order valence-electron chi connectivity index (χ0n) is 35.9. The van der Waals surface area contributed by atoms with E-state index in [1.807, 2.05) is 12.1 Å². The average Bonchev–Trinajstić information content (AvgIpc) is 4.03. The largest absolute Gasteiger partial charge is 0.310 e. The maximum Gasteiger partial charge on any atom is 0.189 e. The van der Waals surface area contributed by atoms with Crippen molar-refractivity contribution in [2.75, 3.05) is 0 Å². The third-order valence-electron chi connectivity index (χ3n) is 13.8. The summed E-state index contributed by atoms with van der Waals surface area (Å²) in [5.74, 6) is 0. The van der Waals surface area contributed by atoms with E-state index >= 15 is 0 Å². The van der Waals surface area contributed by atoms with Gasteiger partial charge in [-0.2, -0.15) is 0 Å². The fourth-order valence-corrected chi connectivity index (χ4v) is 15.8. The Bertz CT molecular complexity index is 3950. The second kappa shape index (κ2) is 15.0. The Morgan fingerprint density at radius 1 is 0.303 bits per heavy atom. The van der Waals surface area contributed by atoms with Gasteiger partial charge in [-0.05, 0) is 81.4 Å². The van der Waals surface area contributed by atoms with Crippen LogP contribution < -0.4 is 20.7 Å². The van der Waals surface area contributed by atoms with Crippen molar-refractivity contribution in [1.82, 2.24) is 13.7 Å². The number of nitrogens with zero attached hydrogens (tertiary/aromatic N) is 4. The van der Waals surface area contributed by atoms with E-state index in [2.05, 4.69) is 249 Å². The highest BCUT2D eigenvalue weighted by molar-refractivity contribution is 7.19. The highest BCUT2D eigenvalue weighted by Crippen LogP contribution is 2.41. The van der Waals surface area contributed by atoms with Gasteiger partial charge in [-0.25, -0.2) is 4.85 Å². The number of aromatic nitrogens is 3.